The van der Waals surface area contributed by atoms with Gasteiger partial charge in [-0.1, -0.05) is 30.3 Å². The molecule has 0 saturated heterocycles. The summed E-state index contributed by atoms with van der Waals surface area (Å²) in [5.74, 6) is 0.822. The Morgan fingerprint density at radius 3 is 2.75 bits per heavy atom. The summed E-state index contributed by atoms with van der Waals surface area (Å²) >= 11 is 6.92. The van der Waals surface area contributed by atoms with Crippen molar-refractivity contribution in [3.8, 4) is 5.75 Å². The number of hydrogen-bond donors (Lipinski definition) is 0. The van der Waals surface area contributed by atoms with E-state index in [4.69, 9.17) is 4.74 Å². The van der Waals surface area contributed by atoms with Gasteiger partial charge < -0.3 is 9.64 Å². The lowest BCUT2D eigenvalue weighted by atomic mass is 10.1. The smallest absolute Gasteiger partial charge is 0.175 e. The standard InChI is InChI=1S/C15H14Br2N2O/c1-10(11-5-3-2-4-6-11)19-7-8-20-14-12(19)9-13(16)18-15(14)17/h2-6,9-10H,7-8H2,1H3/t10-/m0/s1. The maximum absolute atomic E-state index is 5.75. The van der Waals surface area contributed by atoms with Crippen molar-refractivity contribution in [1.82, 2.24) is 4.98 Å². The van der Waals surface area contributed by atoms with E-state index in [9.17, 15) is 0 Å². The van der Waals surface area contributed by atoms with E-state index in [2.05, 4.69) is 72.9 Å². The van der Waals surface area contributed by atoms with Crippen LogP contribution in [-0.4, -0.2) is 18.1 Å². The van der Waals surface area contributed by atoms with Crippen molar-refractivity contribution >= 4 is 37.5 Å². The third-order valence-corrected chi connectivity index (χ3v) is 4.46. The Hall–Kier alpha value is -1.07. The number of pyridine rings is 1. The van der Waals surface area contributed by atoms with Crippen LogP contribution in [0.15, 0.2) is 45.6 Å². The minimum atomic E-state index is 0.292. The fourth-order valence-electron chi connectivity index (χ4n) is 2.49. The SMILES string of the molecule is C[C@@H](c1ccccc1)N1CCOc2c1cc(Br)nc2Br. The van der Waals surface area contributed by atoms with Crippen LogP contribution in [-0.2, 0) is 0 Å². The molecular weight excluding hydrogens is 384 g/mol. The van der Waals surface area contributed by atoms with E-state index in [0.29, 0.717) is 12.6 Å². The van der Waals surface area contributed by atoms with Crippen LogP contribution in [0.25, 0.3) is 0 Å². The molecule has 0 fully saturated rings. The number of nitrogens with zero attached hydrogens (tertiary/aromatic N) is 2. The predicted octanol–water partition coefficient (Wildman–Crippen LogP) is 4.57. The molecule has 5 heteroatoms. The van der Waals surface area contributed by atoms with Crippen molar-refractivity contribution in [2.45, 2.75) is 13.0 Å². The van der Waals surface area contributed by atoms with Gasteiger partial charge in [-0.3, -0.25) is 0 Å². The molecule has 1 aromatic heterocycles. The zero-order valence-corrected chi connectivity index (χ0v) is 14.2. The summed E-state index contributed by atoms with van der Waals surface area (Å²) in [5.41, 5.74) is 2.37. The van der Waals surface area contributed by atoms with Crippen molar-refractivity contribution in [3.05, 3.63) is 51.2 Å². The van der Waals surface area contributed by atoms with E-state index in [1.165, 1.54) is 5.56 Å². The number of rotatable bonds is 2. The third kappa shape index (κ3) is 2.56. The van der Waals surface area contributed by atoms with Crippen LogP contribution in [0.3, 0.4) is 0 Å². The van der Waals surface area contributed by atoms with Gasteiger partial charge in [0.2, 0.25) is 0 Å². The monoisotopic (exact) mass is 396 g/mol. The molecule has 0 amide bonds. The molecule has 1 aliphatic heterocycles. The average molecular weight is 398 g/mol. The molecule has 0 bridgehead atoms. The quantitative estimate of drug-likeness (QED) is 0.694. The van der Waals surface area contributed by atoms with Gasteiger partial charge in [-0.25, -0.2) is 4.98 Å². The minimum absolute atomic E-state index is 0.292. The summed E-state index contributed by atoms with van der Waals surface area (Å²) in [6.45, 7) is 3.75. The highest BCUT2D eigenvalue weighted by molar-refractivity contribution is 9.11. The first-order valence-electron chi connectivity index (χ1n) is 6.47. The lowest BCUT2D eigenvalue weighted by Crippen LogP contribution is -2.35. The Morgan fingerprint density at radius 2 is 2.00 bits per heavy atom. The van der Waals surface area contributed by atoms with Crippen LogP contribution in [0.2, 0.25) is 0 Å². The zero-order valence-electron chi connectivity index (χ0n) is 11.0. The molecule has 104 valence electrons. The van der Waals surface area contributed by atoms with Crippen LogP contribution in [0.5, 0.6) is 5.75 Å². The molecule has 20 heavy (non-hydrogen) atoms. The van der Waals surface area contributed by atoms with Crippen LogP contribution < -0.4 is 9.64 Å². The number of halogens is 2. The molecule has 1 atom stereocenters. The van der Waals surface area contributed by atoms with E-state index < -0.39 is 0 Å². The molecule has 0 saturated carbocycles. The topological polar surface area (TPSA) is 25.4 Å². The zero-order chi connectivity index (χ0) is 14.1. The van der Waals surface area contributed by atoms with Gasteiger partial charge in [0.15, 0.2) is 10.4 Å². The number of ether oxygens (including phenoxy) is 1. The molecule has 0 aliphatic carbocycles. The van der Waals surface area contributed by atoms with E-state index >= 15 is 0 Å². The van der Waals surface area contributed by atoms with Crippen molar-refractivity contribution < 1.29 is 4.74 Å². The van der Waals surface area contributed by atoms with Crippen molar-refractivity contribution in [2.24, 2.45) is 0 Å². The summed E-state index contributed by atoms with van der Waals surface area (Å²) < 4.78 is 7.30. The lowest BCUT2D eigenvalue weighted by molar-refractivity contribution is 0.298. The van der Waals surface area contributed by atoms with E-state index in [-0.39, 0.29) is 0 Å². The van der Waals surface area contributed by atoms with Gasteiger partial charge in [0.05, 0.1) is 18.3 Å². The fraction of sp³-hybridized carbons (Fsp3) is 0.267. The first-order valence-corrected chi connectivity index (χ1v) is 8.06. The second kappa shape index (κ2) is 5.74. The average Bonchev–Trinajstić information content (AvgIpc) is 2.47. The summed E-state index contributed by atoms with van der Waals surface area (Å²) in [7, 11) is 0. The third-order valence-electron chi connectivity index (χ3n) is 3.52. The Labute approximate surface area is 135 Å². The highest BCUT2D eigenvalue weighted by Crippen LogP contribution is 2.42. The predicted molar refractivity (Wildman–Crippen MR) is 87.3 cm³/mol. The minimum Gasteiger partial charge on any atom is -0.487 e. The molecule has 2 aromatic rings. The Bertz CT molecular complexity index is 619. The number of hydrogen-bond acceptors (Lipinski definition) is 3. The summed E-state index contributed by atoms with van der Waals surface area (Å²) in [5, 5.41) is 0. The molecule has 2 heterocycles. The Morgan fingerprint density at radius 1 is 1.25 bits per heavy atom. The lowest BCUT2D eigenvalue weighted by Gasteiger charge is -2.36. The van der Waals surface area contributed by atoms with Crippen LogP contribution in [0.4, 0.5) is 5.69 Å². The van der Waals surface area contributed by atoms with Gasteiger partial charge in [-0.15, -0.1) is 0 Å². The molecule has 0 radical (unpaired) electrons. The first kappa shape index (κ1) is 13.9. The molecule has 0 unspecified atom stereocenters. The van der Waals surface area contributed by atoms with Gasteiger partial charge in [0.25, 0.3) is 0 Å². The second-order valence-electron chi connectivity index (χ2n) is 4.71. The number of fused-ring (bicyclic) bond motifs is 1. The Kier molecular flexibility index (Phi) is 3.98. The second-order valence-corrected chi connectivity index (χ2v) is 6.28. The maximum atomic E-state index is 5.75. The molecule has 3 nitrogen and oxygen atoms in total. The van der Waals surface area contributed by atoms with Gasteiger partial charge in [-0.2, -0.15) is 0 Å². The van der Waals surface area contributed by atoms with Crippen molar-refractivity contribution in [3.63, 3.8) is 0 Å². The van der Waals surface area contributed by atoms with E-state index in [1.807, 2.05) is 12.1 Å². The van der Waals surface area contributed by atoms with Gasteiger partial charge in [0, 0.05) is 0 Å². The van der Waals surface area contributed by atoms with Crippen LogP contribution >= 0.6 is 31.9 Å². The number of anilines is 1. The summed E-state index contributed by atoms with van der Waals surface area (Å²) in [6.07, 6.45) is 0. The molecule has 3 rings (SSSR count). The summed E-state index contributed by atoms with van der Waals surface area (Å²) in [6, 6.07) is 12.8. The van der Waals surface area contributed by atoms with E-state index in [0.717, 1.165) is 27.2 Å². The highest BCUT2D eigenvalue weighted by atomic mass is 79.9. The molecule has 1 aromatic carbocycles. The Balaban J connectivity index is 2.02. The number of benzene rings is 1. The molecule has 0 spiro atoms. The number of aromatic nitrogens is 1. The first-order chi connectivity index (χ1) is 9.66. The van der Waals surface area contributed by atoms with Crippen molar-refractivity contribution in [2.75, 3.05) is 18.1 Å². The molecular formula is C15H14Br2N2O. The maximum Gasteiger partial charge on any atom is 0.175 e. The molecule has 0 N–H and O–H groups in total. The van der Waals surface area contributed by atoms with Crippen LogP contribution in [0.1, 0.15) is 18.5 Å². The normalized spacial score (nSPS) is 15.4. The highest BCUT2D eigenvalue weighted by Gasteiger charge is 2.26. The fourth-order valence-corrected chi connectivity index (χ4v) is 3.63. The molecule has 1 aliphatic rings. The largest absolute Gasteiger partial charge is 0.487 e. The van der Waals surface area contributed by atoms with Crippen LogP contribution in [0, 0.1) is 0 Å². The van der Waals surface area contributed by atoms with Crippen molar-refractivity contribution in [1.29, 1.82) is 0 Å². The van der Waals surface area contributed by atoms with Gasteiger partial charge in [-0.05, 0) is 50.4 Å². The van der Waals surface area contributed by atoms with Gasteiger partial charge >= 0.3 is 0 Å². The van der Waals surface area contributed by atoms with Gasteiger partial charge in [0.1, 0.15) is 11.2 Å². The van der Waals surface area contributed by atoms with E-state index in [1.54, 1.807) is 0 Å². The summed E-state index contributed by atoms with van der Waals surface area (Å²) in [4.78, 5) is 6.69.